The lowest BCUT2D eigenvalue weighted by atomic mass is 10.1. The molecule has 1 aromatic carbocycles. The quantitative estimate of drug-likeness (QED) is 0.772. The van der Waals surface area contributed by atoms with Gasteiger partial charge in [0.15, 0.2) is 0 Å². The highest BCUT2D eigenvalue weighted by molar-refractivity contribution is 7.08. The minimum absolute atomic E-state index is 0.0601. The number of fused-ring (bicyclic) bond motifs is 1. The second kappa shape index (κ2) is 3.96. The van der Waals surface area contributed by atoms with Crippen LogP contribution in [-0.2, 0) is 6.42 Å². The van der Waals surface area contributed by atoms with E-state index in [0.29, 0.717) is 4.88 Å². The molecule has 17 heavy (non-hydrogen) atoms. The molecule has 0 fully saturated rings. The maximum atomic E-state index is 12.4. The number of nitrogens with zero attached hydrogens (tertiary/aromatic N) is 2. The summed E-state index contributed by atoms with van der Waals surface area (Å²) in [5, 5.41) is 0. The first-order valence-electron chi connectivity index (χ1n) is 5.59. The minimum atomic E-state index is 0.0601. The van der Waals surface area contributed by atoms with Crippen molar-refractivity contribution in [3.05, 3.63) is 47.0 Å². The molecular weight excluding hydrogens is 232 g/mol. The Hall–Kier alpha value is -1.68. The Morgan fingerprint density at radius 3 is 3.00 bits per heavy atom. The molecule has 2 aromatic rings. The molecule has 0 aliphatic carbocycles. The molecule has 2 heterocycles. The molecule has 3 rings (SSSR count). The SMILES string of the molecule is CC1Cc2ccccc2N1C(=O)c1ccns1. The van der Waals surface area contributed by atoms with Gasteiger partial charge in [-0.05, 0) is 42.6 Å². The topological polar surface area (TPSA) is 33.2 Å². The highest BCUT2D eigenvalue weighted by Crippen LogP contribution is 2.33. The van der Waals surface area contributed by atoms with Gasteiger partial charge in [-0.2, -0.15) is 0 Å². The molecular formula is C13H12N2OS. The van der Waals surface area contributed by atoms with Crippen molar-refractivity contribution >= 4 is 23.1 Å². The van der Waals surface area contributed by atoms with Gasteiger partial charge in [-0.3, -0.25) is 4.79 Å². The maximum absolute atomic E-state index is 12.4. The second-order valence-electron chi connectivity index (χ2n) is 4.23. The molecule has 0 spiro atoms. The normalized spacial score (nSPS) is 18.2. The molecule has 1 aromatic heterocycles. The van der Waals surface area contributed by atoms with Gasteiger partial charge >= 0.3 is 0 Å². The van der Waals surface area contributed by atoms with E-state index in [1.165, 1.54) is 17.1 Å². The Morgan fingerprint density at radius 1 is 1.41 bits per heavy atom. The van der Waals surface area contributed by atoms with Gasteiger partial charge in [-0.15, -0.1) is 0 Å². The number of benzene rings is 1. The van der Waals surface area contributed by atoms with Gasteiger partial charge in [-0.1, -0.05) is 18.2 Å². The van der Waals surface area contributed by atoms with E-state index in [1.807, 2.05) is 23.1 Å². The molecule has 1 aliphatic heterocycles. The van der Waals surface area contributed by atoms with Crippen LogP contribution >= 0.6 is 11.5 Å². The number of rotatable bonds is 1. The molecule has 0 N–H and O–H groups in total. The zero-order chi connectivity index (χ0) is 11.8. The largest absolute Gasteiger partial charge is 0.304 e. The van der Waals surface area contributed by atoms with Crippen LogP contribution in [0.1, 0.15) is 22.2 Å². The van der Waals surface area contributed by atoms with E-state index in [1.54, 1.807) is 12.3 Å². The third-order valence-electron chi connectivity index (χ3n) is 3.07. The summed E-state index contributed by atoms with van der Waals surface area (Å²) in [7, 11) is 0. The fourth-order valence-corrected chi connectivity index (χ4v) is 2.85. The summed E-state index contributed by atoms with van der Waals surface area (Å²) in [6.45, 7) is 2.08. The second-order valence-corrected chi connectivity index (χ2v) is 5.07. The Bertz CT molecular complexity index is 550. The van der Waals surface area contributed by atoms with Crippen LogP contribution in [0.15, 0.2) is 36.5 Å². The van der Waals surface area contributed by atoms with Crippen molar-refractivity contribution in [1.82, 2.24) is 4.37 Å². The molecule has 0 radical (unpaired) electrons. The number of amides is 1. The summed E-state index contributed by atoms with van der Waals surface area (Å²) in [5.74, 6) is 0.0601. The molecule has 1 aliphatic rings. The number of hydrogen-bond acceptors (Lipinski definition) is 3. The van der Waals surface area contributed by atoms with Crippen molar-refractivity contribution in [2.45, 2.75) is 19.4 Å². The smallest absolute Gasteiger partial charge is 0.270 e. The third kappa shape index (κ3) is 1.65. The van der Waals surface area contributed by atoms with Crippen molar-refractivity contribution in [3.8, 4) is 0 Å². The zero-order valence-electron chi connectivity index (χ0n) is 9.46. The van der Waals surface area contributed by atoms with Crippen LogP contribution in [0.3, 0.4) is 0 Å². The van der Waals surface area contributed by atoms with Crippen LogP contribution in [0, 0.1) is 0 Å². The van der Waals surface area contributed by atoms with Gasteiger partial charge in [-0.25, -0.2) is 4.37 Å². The van der Waals surface area contributed by atoms with E-state index < -0.39 is 0 Å². The predicted molar refractivity (Wildman–Crippen MR) is 68.5 cm³/mol. The van der Waals surface area contributed by atoms with Crippen LogP contribution in [0.4, 0.5) is 5.69 Å². The Labute approximate surface area is 104 Å². The summed E-state index contributed by atoms with van der Waals surface area (Å²) in [6, 6.07) is 10.1. The molecule has 1 unspecified atom stereocenters. The number of carbonyl (C=O) groups is 1. The molecule has 3 nitrogen and oxygen atoms in total. The molecule has 0 saturated carbocycles. The van der Waals surface area contributed by atoms with Gasteiger partial charge < -0.3 is 4.90 Å². The van der Waals surface area contributed by atoms with E-state index in [-0.39, 0.29) is 11.9 Å². The highest BCUT2D eigenvalue weighted by Gasteiger charge is 2.31. The Balaban J connectivity index is 2.01. The summed E-state index contributed by atoms with van der Waals surface area (Å²) in [4.78, 5) is 15.0. The predicted octanol–water partition coefficient (Wildman–Crippen LogP) is 2.73. The fourth-order valence-electron chi connectivity index (χ4n) is 2.32. The number of aromatic nitrogens is 1. The van der Waals surface area contributed by atoms with Gasteiger partial charge in [0.1, 0.15) is 4.88 Å². The number of hydrogen-bond donors (Lipinski definition) is 0. The van der Waals surface area contributed by atoms with Crippen LogP contribution in [0.5, 0.6) is 0 Å². The van der Waals surface area contributed by atoms with E-state index in [4.69, 9.17) is 0 Å². The average molecular weight is 244 g/mol. The molecule has 86 valence electrons. The van der Waals surface area contributed by atoms with Crippen LogP contribution in [-0.4, -0.2) is 16.3 Å². The first kappa shape index (κ1) is 10.5. The monoisotopic (exact) mass is 244 g/mol. The van der Waals surface area contributed by atoms with Gasteiger partial charge in [0.05, 0.1) is 0 Å². The summed E-state index contributed by atoms with van der Waals surface area (Å²) in [6.07, 6.45) is 2.60. The molecule has 1 amide bonds. The number of para-hydroxylation sites is 1. The highest BCUT2D eigenvalue weighted by atomic mass is 32.1. The van der Waals surface area contributed by atoms with Crippen LogP contribution < -0.4 is 4.90 Å². The van der Waals surface area contributed by atoms with Crippen LogP contribution in [0.25, 0.3) is 0 Å². The first-order valence-corrected chi connectivity index (χ1v) is 6.37. The minimum Gasteiger partial charge on any atom is -0.304 e. The summed E-state index contributed by atoms with van der Waals surface area (Å²) < 4.78 is 3.99. The van der Waals surface area contributed by atoms with E-state index in [2.05, 4.69) is 17.4 Å². The van der Waals surface area contributed by atoms with Crippen molar-refractivity contribution in [3.63, 3.8) is 0 Å². The van der Waals surface area contributed by atoms with Gasteiger partial charge in [0.2, 0.25) is 0 Å². The standard InChI is InChI=1S/C13H12N2OS/c1-9-8-10-4-2-3-5-11(10)15(9)13(16)12-6-7-14-17-12/h2-7,9H,8H2,1H3. The number of anilines is 1. The lowest BCUT2D eigenvalue weighted by Gasteiger charge is -2.21. The molecule has 4 heteroatoms. The van der Waals surface area contributed by atoms with Crippen molar-refractivity contribution < 1.29 is 4.79 Å². The van der Waals surface area contributed by atoms with Crippen molar-refractivity contribution in [1.29, 1.82) is 0 Å². The van der Waals surface area contributed by atoms with Gasteiger partial charge in [0, 0.05) is 17.9 Å². The Morgan fingerprint density at radius 2 is 2.24 bits per heavy atom. The van der Waals surface area contributed by atoms with E-state index in [9.17, 15) is 4.79 Å². The van der Waals surface area contributed by atoms with Gasteiger partial charge in [0.25, 0.3) is 5.91 Å². The van der Waals surface area contributed by atoms with E-state index in [0.717, 1.165) is 12.1 Å². The Kier molecular flexibility index (Phi) is 2.44. The lowest BCUT2D eigenvalue weighted by molar-refractivity contribution is 0.0985. The first-order chi connectivity index (χ1) is 8.27. The molecule has 0 bridgehead atoms. The maximum Gasteiger partial charge on any atom is 0.270 e. The average Bonchev–Trinajstić information content (AvgIpc) is 2.94. The van der Waals surface area contributed by atoms with E-state index >= 15 is 0 Å². The lowest BCUT2D eigenvalue weighted by Crippen LogP contribution is -2.35. The number of carbonyl (C=O) groups excluding carboxylic acids is 1. The molecule has 1 atom stereocenters. The summed E-state index contributed by atoms with van der Waals surface area (Å²) in [5.41, 5.74) is 2.29. The molecule has 0 saturated heterocycles. The van der Waals surface area contributed by atoms with Crippen molar-refractivity contribution in [2.75, 3.05) is 4.90 Å². The third-order valence-corrected chi connectivity index (χ3v) is 3.81. The summed E-state index contributed by atoms with van der Waals surface area (Å²) >= 11 is 1.25. The van der Waals surface area contributed by atoms with Crippen LogP contribution in [0.2, 0.25) is 0 Å². The zero-order valence-corrected chi connectivity index (χ0v) is 10.3. The van der Waals surface area contributed by atoms with Crippen molar-refractivity contribution in [2.24, 2.45) is 0 Å². The fraction of sp³-hybridized carbons (Fsp3) is 0.231.